The molecular weight excluding hydrogens is 250 g/mol. The number of rotatable bonds is 6. The summed E-state index contributed by atoms with van der Waals surface area (Å²) in [4.78, 5) is 14.6. The zero-order valence-electron chi connectivity index (χ0n) is 10.3. The highest BCUT2D eigenvalue weighted by molar-refractivity contribution is 5.67. The maximum Gasteiger partial charge on any atom is 0.306 e. The fourth-order valence-corrected chi connectivity index (χ4v) is 1.65. The molecule has 2 heterocycles. The number of nitrogens with zero attached hydrogens (tertiary/aromatic N) is 5. The number of tetrazole rings is 1. The molecule has 0 aliphatic rings. The summed E-state index contributed by atoms with van der Waals surface area (Å²) in [6, 6.07) is 3.56. The summed E-state index contributed by atoms with van der Waals surface area (Å²) in [5.41, 5.74) is 0.810. The Balaban J connectivity index is 2.18. The highest BCUT2D eigenvalue weighted by Gasteiger charge is 2.17. The van der Waals surface area contributed by atoms with Crippen LogP contribution in [0.3, 0.4) is 0 Å². The minimum atomic E-state index is -0.926. The minimum Gasteiger partial charge on any atom is -0.481 e. The highest BCUT2D eigenvalue weighted by Crippen LogP contribution is 2.15. The van der Waals surface area contributed by atoms with E-state index in [2.05, 4.69) is 20.5 Å². The molecule has 0 aromatic carbocycles. The van der Waals surface area contributed by atoms with Gasteiger partial charge in [0.25, 0.3) is 0 Å². The van der Waals surface area contributed by atoms with Crippen molar-refractivity contribution in [3.8, 4) is 11.4 Å². The third-order valence-electron chi connectivity index (χ3n) is 2.58. The van der Waals surface area contributed by atoms with Crippen LogP contribution in [0.1, 0.15) is 6.42 Å². The van der Waals surface area contributed by atoms with Crippen molar-refractivity contribution < 1.29 is 14.6 Å². The molecule has 2 rings (SSSR count). The van der Waals surface area contributed by atoms with Crippen LogP contribution in [0.2, 0.25) is 0 Å². The van der Waals surface area contributed by atoms with E-state index in [0.717, 1.165) is 5.56 Å². The van der Waals surface area contributed by atoms with Gasteiger partial charge in [0, 0.05) is 25.1 Å². The standard InChI is InChI=1S/C11H13N5O3/c1-19-9(6-10(17)18)7-16-11(13-14-15-16)8-2-4-12-5-3-8/h2-5,9H,6-7H2,1H3,(H,17,18). The fraction of sp³-hybridized carbons (Fsp3) is 0.364. The highest BCUT2D eigenvalue weighted by atomic mass is 16.5. The molecule has 0 aliphatic carbocycles. The van der Waals surface area contributed by atoms with Gasteiger partial charge in [-0.2, -0.15) is 0 Å². The molecule has 2 aromatic heterocycles. The molecule has 2 aromatic rings. The van der Waals surface area contributed by atoms with E-state index in [1.54, 1.807) is 24.5 Å². The zero-order valence-corrected chi connectivity index (χ0v) is 10.3. The van der Waals surface area contributed by atoms with Gasteiger partial charge in [-0.25, -0.2) is 4.68 Å². The van der Waals surface area contributed by atoms with Crippen LogP contribution in [-0.2, 0) is 16.1 Å². The van der Waals surface area contributed by atoms with Gasteiger partial charge in [-0.1, -0.05) is 0 Å². The van der Waals surface area contributed by atoms with Crippen molar-refractivity contribution in [2.24, 2.45) is 0 Å². The van der Waals surface area contributed by atoms with E-state index < -0.39 is 12.1 Å². The largest absolute Gasteiger partial charge is 0.481 e. The Morgan fingerprint density at radius 1 is 1.47 bits per heavy atom. The molecule has 1 atom stereocenters. The van der Waals surface area contributed by atoms with Crippen molar-refractivity contribution in [2.75, 3.05) is 7.11 Å². The zero-order chi connectivity index (χ0) is 13.7. The monoisotopic (exact) mass is 263 g/mol. The molecule has 0 spiro atoms. The van der Waals surface area contributed by atoms with E-state index in [9.17, 15) is 4.79 Å². The van der Waals surface area contributed by atoms with E-state index in [1.165, 1.54) is 11.8 Å². The van der Waals surface area contributed by atoms with Crippen LogP contribution in [0.4, 0.5) is 0 Å². The van der Waals surface area contributed by atoms with Crippen LogP contribution >= 0.6 is 0 Å². The van der Waals surface area contributed by atoms with Gasteiger partial charge >= 0.3 is 5.97 Å². The van der Waals surface area contributed by atoms with E-state index in [0.29, 0.717) is 5.82 Å². The smallest absolute Gasteiger partial charge is 0.306 e. The molecule has 1 N–H and O–H groups in total. The van der Waals surface area contributed by atoms with Crippen LogP contribution in [0, 0.1) is 0 Å². The predicted octanol–water partition coefficient (Wildman–Crippen LogP) is 0.225. The Kier molecular flexibility index (Phi) is 4.14. The van der Waals surface area contributed by atoms with E-state index in [4.69, 9.17) is 9.84 Å². The summed E-state index contributed by atoms with van der Waals surface area (Å²) in [6.45, 7) is 0.271. The number of aliphatic carboxylic acids is 1. The molecule has 0 saturated heterocycles. The summed E-state index contributed by atoms with van der Waals surface area (Å²) in [7, 11) is 1.46. The Hall–Kier alpha value is -2.35. The van der Waals surface area contributed by atoms with Crippen molar-refractivity contribution >= 4 is 5.97 Å². The topological polar surface area (TPSA) is 103 Å². The molecule has 8 nitrogen and oxygen atoms in total. The second kappa shape index (κ2) is 6.01. The molecule has 19 heavy (non-hydrogen) atoms. The maximum atomic E-state index is 10.7. The lowest BCUT2D eigenvalue weighted by molar-refractivity contribution is -0.139. The minimum absolute atomic E-state index is 0.105. The van der Waals surface area contributed by atoms with Gasteiger partial charge < -0.3 is 9.84 Å². The normalized spacial score (nSPS) is 12.3. The van der Waals surface area contributed by atoms with E-state index in [1.807, 2.05) is 0 Å². The lowest BCUT2D eigenvalue weighted by atomic mass is 10.2. The average molecular weight is 263 g/mol. The average Bonchev–Trinajstić information content (AvgIpc) is 2.86. The molecule has 8 heteroatoms. The van der Waals surface area contributed by atoms with Gasteiger partial charge in [-0.05, 0) is 22.6 Å². The molecule has 0 amide bonds. The number of aromatic nitrogens is 5. The van der Waals surface area contributed by atoms with Crippen molar-refractivity contribution in [3.63, 3.8) is 0 Å². The SMILES string of the molecule is COC(CC(=O)O)Cn1nnnc1-c1ccncc1. The van der Waals surface area contributed by atoms with Gasteiger partial charge in [0.15, 0.2) is 5.82 Å². The number of pyridine rings is 1. The quantitative estimate of drug-likeness (QED) is 0.795. The first-order valence-electron chi connectivity index (χ1n) is 5.62. The predicted molar refractivity (Wildman–Crippen MR) is 64.1 cm³/mol. The van der Waals surface area contributed by atoms with Crippen LogP contribution < -0.4 is 0 Å². The lowest BCUT2D eigenvalue weighted by Gasteiger charge is -2.13. The summed E-state index contributed by atoms with van der Waals surface area (Å²) < 4.78 is 6.64. The second-order valence-corrected chi connectivity index (χ2v) is 3.88. The van der Waals surface area contributed by atoms with Crippen LogP contribution in [0.15, 0.2) is 24.5 Å². The Bertz CT molecular complexity index is 542. The summed E-state index contributed by atoms with van der Waals surface area (Å²) in [6.07, 6.45) is 2.69. The van der Waals surface area contributed by atoms with Gasteiger partial charge in [0.05, 0.1) is 19.1 Å². The molecule has 0 radical (unpaired) electrons. The Morgan fingerprint density at radius 2 is 2.21 bits per heavy atom. The Morgan fingerprint density at radius 3 is 2.84 bits per heavy atom. The van der Waals surface area contributed by atoms with E-state index in [-0.39, 0.29) is 13.0 Å². The van der Waals surface area contributed by atoms with Crippen LogP contribution in [-0.4, -0.2) is 49.5 Å². The lowest BCUT2D eigenvalue weighted by Crippen LogP contribution is -2.23. The number of ether oxygens (including phenoxy) is 1. The fourth-order valence-electron chi connectivity index (χ4n) is 1.65. The third kappa shape index (κ3) is 3.32. The number of hydrogen-bond donors (Lipinski definition) is 1. The van der Waals surface area contributed by atoms with Crippen molar-refractivity contribution in [1.82, 2.24) is 25.2 Å². The third-order valence-corrected chi connectivity index (χ3v) is 2.58. The van der Waals surface area contributed by atoms with Crippen LogP contribution in [0.25, 0.3) is 11.4 Å². The van der Waals surface area contributed by atoms with Gasteiger partial charge in [-0.3, -0.25) is 9.78 Å². The molecule has 0 aliphatic heterocycles. The van der Waals surface area contributed by atoms with Gasteiger partial charge in [-0.15, -0.1) is 5.10 Å². The molecule has 0 saturated carbocycles. The van der Waals surface area contributed by atoms with E-state index >= 15 is 0 Å². The number of hydrogen-bond acceptors (Lipinski definition) is 6. The van der Waals surface area contributed by atoms with Gasteiger partial charge in [0.2, 0.25) is 0 Å². The number of methoxy groups -OCH3 is 1. The first-order chi connectivity index (χ1) is 9.20. The number of carboxylic acids is 1. The molecule has 0 fully saturated rings. The summed E-state index contributed by atoms with van der Waals surface area (Å²) in [5.74, 6) is -0.375. The molecule has 1 unspecified atom stereocenters. The van der Waals surface area contributed by atoms with Crippen molar-refractivity contribution in [3.05, 3.63) is 24.5 Å². The van der Waals surface area contributed by atoms with Crippen LogP contribution in [0.5, 0.6) is 0 Å². The van der Waals surface area contributed by atoms with Crippen molar-refractivity contribution in [2.45, 2.75) is 19.1 Å². The summed E-state index contributed by atoms with van der Waals surface area (Å²) in [5, 5.41) is 20.2. The van der Waals surface area contributed by atoms with Gasteiger partial charge in [0.1, 0.15) is 0 Å². The summed E-state index contributed by atoms with van der Waals surface area (Å²) >= 11 is 0. The second-order valence-electron chi connectivity index (χ2n) is 3.88. The maximum absolute atomic E-state index is 10.7. The molecular formula is C11H13N5O3. The van der Waals surface area contributed by atoms with Crippen molar-refractivity contribution in [1.29, 1.82) is 0 Å². The molecule has 0 bridgehead atoms. The Labute approximate surface area is 109 Å². The number of carbonyl (C=O) groups is 1. The first-order valence-corrected chi connectivity index (χ1v) is 5.62. The first kappa shape index (κ1) is 13.1. The molecule has 100 valence electrons. The number of carboxylic acid groups (broad SMARTS) is 1.